The fourth-order valence-corrected chi connectivity index (χ4v) is 3.76. The van der Waals surface area contributed by atoms with Crippen molar-refractivity contribution in [1.82, 2.24) is 30.3 Å². The van der Waals surface area contributed by atoms with E-state index in [0.29, 0.717) is 12.2 Å². The molecule has 3 aromatic rings. The van der Waals surface area contributed by atoms with E-state index in [1.54, 1.807) is 23.3 Å². The molecule has 3 atom stereocenters. The van der Waals surface area contributed by atoms with Gasteiger partial charge >= 0.3 is 0 Å². The number of hydrogen-bond acceptors (Lipinski definition) is 7. The number of aliphatic hydroxyl groups excluding tert-OH is 1. The zero-order chi connectivity index (χ0) is 21.5. The largest absolute Gasteiger partial charge is 0.394 e. The molecular formula is C22H26N6O3. The molecule has 3 aromatic heterocycles. The average molecular weight is 422 g/mol. The Balaban J connectivity index is 1.26. The first-order valence-electron chi connectivity index (χ1n) is 10.5. The molecule has 31 heavy (non-hydrogen) atoms. The van der Waals surface area contributed by atoms with Gasteiger partial charge in [0.15, 0.2) is 0 Å². The molecule has 0 saturated carbocycles. The van der Waals surface area contributed by atoms with Crippen LogP contribution in [0.5, 0.6) is 0 Å². The quantitative estimate of drug-likeness (QED) is 0.564. The third-order valence-electron chi connectivity index (χ3n) is 5.39. The smallest absolute Gasteiger partial charge is 0.226 e. The topological polar surface area (TPSA) is 115 Å². The third-order valence-corrected chi connectivity index (χ3v) is 5.39. The fourth-order valence-electron chi connectivity index (χ4n) is 3.76. The van der Waals surface area contributed by atoms with Crippen molar-refractivity contribution in [2.24, 2.45) is 0 Å². The van der Waals surface area contributed by atoms with Crippen LogP contribution in [0.2, 0.25) is 0 Å². The van der Waals surface area contributed by atoms with Crippen LogP contribution in [0.4, 0.5) is 0 Å². The fraction of sp³-hybridized carbons (Fsp3) is 0.409. The Kier molecular flexibility index (Phi) is 6.96. The third kappa shape index (κ3) is 5.71. The van der Waals surface area contributed by atoms with Crippen LogP contribution in [0, 0.1) is 0 Å². The molecule has 1 amide bonds. The predicted molar refractivity (Wildman–Crippen MR) is 113 cm³/mol. The summed E-state index contributed by atoms with van der Waals surface area (Å²) >= 11 is 0. The van der Waals surface area contributed by atoms with Gasteiger partial charge < -0.3 is 15.2 Å². The Morgan fingerprint density at radius 1 is 1.23 bits per heavy atom. The lowest BCUT2D eigenvalue weighted by atomic mass is 9.97. The minimum atomic E-state index is -0.423. The summed E-state index contributed by atoms with van der Waals surface area (Å²) in [4.78, 5) is 20.6. The second kappa shape index (κ2) is 10.2. The summed E-state index contributed by atoms with van der Waals surface area (Å²) < 4.78 is 7.85. The van der Waals surface area contributed by atoms with Gasteiger partial charge in [-0.2, -0.15) is 0 Å². The maximum atomic E-state index is 12.3. The van der Waals surface area contributed by atoms with Gasteiger partial charge in [0.05, 0.1) is 31.4 Å². The molecule has 1 aliphatic heterocycles. The van der Waals surface area contributed by atoms with E-state index in [2.05, 4.69) is 25.6 Å². The van der Waals surface area contributed by atoms with Crippen LogP contribution in [-0.2, 0) is 22.5 Å². The van der Waals surface area contributed by atoms with Crippen LogP contribution in [-0.4, -0.2) is 60.8 Å². The molecule has 9 nitrogen and oxygen atoms in total. The first-order valence-corrected chi connectivity index (χ1v) is 10.5. The zero-order valence-corrected chi connectivity index (χ0v) is 17.2. The molecule has 4 heterocycles. The van der Waals surface area contributed by atoms with Crippen molar-refractivity contribution >= 4 is 5.91 Å². The lowest BCUT2D eigenvalue weighted by Gasteiger charge is -2.36. The first-order chi connectivity index (χ1) is 15.2. The number of hydrogen-bond donors (Lipinski definition) is 2. The standard InChI is InChI=1S/C22H26N6O3/c29-15-21-19(25-22(30)12-17-5-1-2-10-24-17)7-6-18(31-21)8-11-28-14-20(26-27-28)16-4-3-9-23-13-16/h1-5,9-10,13-14,18-19,21,29H,6-8,11-12,15H2,(H,25,30)/t18-,19+,21+/m1/s1. The van der Waals surface area contributed by atoms with Gasteiger partial charge in [0.25, 0.3) is 0 Å². The summed E-state index contributed by atoms with van der Waals surface area (Å²) in [5.41, 5.74) is 2.42. The highest BCUT2D eigenvalue weighted by molar-refractivity contribution is 5.78. The van der Waals surface area contributed by atoms with E-state index >= 15 is 0 Å². The maximum Gasteiger partial charge on any atom is 0.226 e. The number of aryl methyl sites for hydroxylation is 1. The summed E-state index contributed by atoms with van der Waals surface area (Å²) in [6.07, 6.45) is 9.13. The Morgan fingerprint density at radius 2 is 2.16 bits per heavy atom. The number of aliphatic hydroxyl groups is 1. The summed E-state index contributed by atoms with van der Waals surface area (Å²) in [6, 6.07) is 9.10. The van der Waals surface area contributed by atoms with Gasteiger partial charge in [-0.15, -0.1) is 5.10 Å². The van der Waals surface area contributed by atoms with Crippen molar-refractivity contribution in [2.75, 3.05) is 6.61 Å². The van der Waals surface area contributed by atoms with E-state index in [-0.39, 0.29) is 31.1 Å². The molecule has 1 aliphatic rings. The van der Waals surface area contributed by atoms with Crippen molar-refractivity contribution in [3.8, 4) is 11.3 Å². The molecule has 0 bridgehead atoms. The van der Waals surface area contributed by atoms with Crippen LogP contribution in [0.15, 0.2) is 55.1 Å². The van der Waals surface area contributed by atoms with Crippen molar-refractivity contribution in [1.29, 1.82) is 0 Å². The molecule has 4 rings (SSSR count). The molecule has 0 spiro atoms. The monoisotopic (exact) mass is 422 g/mol. The SMILES string of the molecule is O=C(Cc1ccccn1)N[C@H]1CC[C@H](CCn2cc(-c3cccnc3)nn2)O[C@H]1CO. The normalized spacial score (nSPS) is 21.0. The second-order valence-electron chi connectivity index (χ2n) is 7.63. The molecule has 162 valence electrons. The number of aromatic nitrogens is 5. The van der Waals surface area contributed by atoms with Crippen LogP contribution >= 0.6 is 0 Å². The van der Waals surface area contributed by atoms with Gasteiger partial charge in [0, 0.05) is 36.4 Å². The Bertz CT molecular complexity index is 966. The number of ether oxygens (including phenoxy) is 1. The van der Waals surface area contributed by atoms with Crippen LogP contribution in [0.1, 0.15) is 25.0 Å². The number of pyridine rings is 2. The zero-order valence-electron chi connectivity index (χ0n) is 17.2. The molecular weight excluding hydrogens is 396 g/mol. The van der Waals surface area contributed by atoms with Gasteiger partial charge in [-0.05, 0) is 43.5 Å². The highest BCUT2D eigenvalue weighted by Crippen LogP contribution is 2.23. The van der Waals surface area contributed by atoms with Gasteiger partial charge in [0.1, 0.15) is 11.8 Å². The number of carbonyl (C=O) groups excluding carboxylic acids is 1. The number of nitrogens with zero attached hydrogens (tertiary/aromatic N) is 5. The minimum absolute atomic E-state index is 0.00728. The van der Waals surface area contributed by atoms with Crippen molar-refractivity contribution in [2.45, 2.75) is 50.5 Å². The predicted octanol–water partition coefficient (Wildman–Crippen LogP) is 1.39. The Morgan fingerprint density at radius 3 is 2.94 bits per heavy atom. The van der Waals surface area contributed by atoms with Crippen LogP contribution in [0.3, 0.4) is 0 Å². The maximum absolute atomic E-state index is 12.3. The van der Waals surface area contributed by atoms with Crippen LogP contribution in [0.25, 0.3) is 11.3 Å². The lowest BCUT2D eigenvalue weighted by Crippen LogP contribution is -2.51. The summed E-state index contributed by atoms with van der Waals surface area (Å²) in [5.74, 6) is -0.116. The number of carbonyl (C=O) groups is 1. The van der Waals surface area contributed by atoms with E-state index in [1.807, 2.05) is 36.5 Å². The molecule has 9 heteroatoms. The van der Waals surface area contributed by atoms with Gasteiger partial charge in [-0.25, -0.2) is 0 Å². The lowest BCUT2D eigenvalue weighted by molar-refractivity contribution is -0.128. The van der Waals surface area contributed by atoms with E-state index in [0.717, 1.165) is 30.5 Å². The number of amides is 1. The minimum Gasteiger partial charge on any atom is -0.394 e. The Labute approximate surface area is 180 Å². The van der Waals surface area contributed by atoms with Crippen molar-refractivity contribution in [3.05, 3.63) is 60.8 Å². The number of nitrogens with one attached hydrogen (secondary N) is 1. The molecule has 0 aromatic carbocycles. The molecule has 2 N–H and O–H groups in total. The molecule has 0 radical (unpaired) electrons. The van der Waals surface area contributed by atoms with Gasteiger partial charge in [-0.1, -0.05) is 11.3 Å². The van der Waals surface area contributed by atoms with Gasteiger partial charge in [-0.3, -0.25) is 19.4 Å². The molecule has 1 fully saturated rings. The second-order valence-corrected chi connectivity index (χ2v) is 7.63. The van der Waals surface area contributed by atoms with Crippen LogP contribution < -0.4 is 5.32 Å². The Hall–Kier alpha value is -3.17. The first kappa shape index (κ1) is 21.1. The molecule has 1 saturated heterocycles. The highest BCUT2D eigenvalue weighted by Gasteiger charge is 2.31. The van der Waals surface area contributed by atoms with Crippen molar-refractivity contribution < 1.29 is 14.6 Å². The average Bonchev–Trinajstić information content (AvgIpc) is 3.29. The molecule has 0 aliphatic carbocycles. The highest BCUT2D eigenvalue weighted by atomic mass is 16.5. The van der Waals surface area contributed by atoms with Gasteiger partial charge in [0.2, 0.25) is 5.91 Å². The van der Waals surface area contributed by atoms with E-state index in [4.69, 9.17) is 4.74 Å². The van der Waals surface area contributed by atoms with E-state index in [9.17, 15) is 9.90 Å². The summed E-state index contributed by atoms with van der Waals surface area (Å²) in [6.45, 7) is 0.520. The molecule has 0 unspecified atom stereocenters. The van der Waals surface area contributed by atoms with E-state index < -0.39 is 6.10 Å². The number of rotatable bonds is 8. The summed E-state index contributed by atoms with van der Waals surface area (Å²) in [7, 11) is 0. The van der Waals surface area contributed by atoms with Crippen molar-refractivity contribution in [3.63, 3.8) is 0 Å². The van der Waals surface area contributed by atoms with E-state index in [1.165, 1.54) is 0 Å². The summed E-state index contributed by atoms with van der Waals surface area (Å²) in [5, 5.41) is 21.1.